The van der Waals surface area contributed by atoms with Gasteiger partial charge in [0.05, 0.1) is 25.1 Å². The molecular formula is C36H52O8Si. The third-order valence-corrected chi connectivity index (χ3v) is 14.8. The lowest BCUT2D eigenvalue weighted by atomic mass is 10.00. The summed E-state index contributed by atoms with van der Waals surface area (Å²) in [5.74, 6) is -1.15. The molecule has 0 N–H and O–H groups in total. The fraction of sp³-hybridized carbons (Fsp3) is 0.556. The summed E-state index contributed by atoms with van der Waals surface area (Å²) in [6.45, 7) is 18.5. The second-order valence-corrected chi connectivity index (χ2v) is 18.2. The van der Waals surface area contributed by atoms with Crippen LogP contribution < -0.4 is 0 Å². The summed E-state index contributed by atoms with van der Waals surface area (Å²) < 4.78 is 36.5. The maximum Gasteiger partial charge on any atom is 0.332 e. The predicted molar refractivity (Wildman–Crippen MR) is 177 cm³/mol. The van der Waals surface area contributed by atoms with E-state index in [1.54, 1.807) is 13.2 Å². The largest absolute Gasteiger partial charge is 0.492 e. The lowest BCUT2D eigenvalue weighted by Crippen LogP contribution is -2.54. The van der Waals surface area contributed by atoms with Crippen LogP contribution in [-0.4, -0.2) is 58.4 Å². The third-order valence-electron chi connectivity index (χ3n) is 8.71. The minimum Gasteiger partial charge on any atom is -0.492 e. The van der Waals surface area contributed by atoms with Crippen LogP contribution in [0, 0.1) is 0 Å². The van der Waals surface area contributed by atoms with Crippen molar-refractivity contribution in [2.75, 3.05) is 19.8 Å². The molecule has 0 fully saturated rings. The number of esters is 2. The molecule has 9 heteroatoms. The van der Waals surface area contributed by atoms with Gasteiger partial charge >= 0.3 is 11.9 Å². The van der Waals surface area contributed by atoms with E-state index in [2.05, 4.69) is 41.5 Å². The van der Waals surface area contributed by atoms with Crippen LogP contribution in [0.15, 0.2) is 72.5 Å². The van der Waals surface area contributed by atoms with Gasteiger partial charge in [-0.2, -0.15) is 0 Å². The van der Waals surface area contributed by atoms with Crippen molar-refractivity contribution in [3.8, 4) is 0 Å². The number of benzene rings is 2. The van der Waals surface area contributed by atoms with Crippen LogP contribution in [0.2, 0.25) is 16.6 Å². The Hall–Kier alpha value is -2.98. The Balaban J connectivity index is 1.77. The summed E-state index contributed by atoms with van der Waals surface area (Å²) in [5.41, 5.74) is 3.57. The van der Waals surface area contributed by atoms with E-state index in [-0.39, 0.29) is 32.0 Å². The van der Waals surface area contributed by atoms with Gasteiger partial charge in [0.15, 0.2) is 18.3 Å². The Bertz CT molecular complexity index is 1210. The molecular weight excluding hydrogens is 588 g/mol. The summed E-state index contributed by atoms with van der Waals surface area (Å²) >= 11 is 0. The Labute approximate surface area is 270 Å². The van der Waals surface area contributed by atoms with Crippen molar-refractivity contribution >= 4 is 20.3 Å². The maximum absolute atomic E-state index is 13.2. The van der Waals surface area contributed by atoms with Gasteiger partial charge in [0.2, 0.25) is 8.32 Å². The van der Waals surface area contributed by atoms with Crippen molar-refractivity contribution < 1.29 is 37.7 Å². The topological polar surface area (TPSA) is 89.5 Å². The van der Waals surface area contributed by atoms with Gasteiger partial charge in [-0.05, 0) is 48.5 Å². The number of hydrogen-bond acceptors (Lipinski definition) is 8. The van der Waals surface area contributed by atoms with Crippen LogP contribution in [0.3, 0.4) is 0 Å². The highest BCUT2D eigenvalue weighted by Crippen LogP contribution is 2.42. The predicted octanol–water partition coefficient (Wildman–Crippen LogP) is 7.86. The SMILES string of the molecule is CC1=CO[C@H](CO[Si](C(C)C)(C(C)C)C(C)C)[C@@H](OC(=O)CO[C@@H](C)c2ccccc2)[C@@H]1OC(=O)CO[C@@H](C)c1ccccc1. The lowest BCUT2D eigenvalue weighted by molar-refractivity contribution is -0.186. The van der Waals surface area contributed by atoms with Gasteiger partial charge in [-0.25, -0.2) is 9.59 Å². The number of carbonyl (C=O) groups excluding carboxylic acids is 2. The summed E-state index contributed by atoms with van der Waals surface area (Å²) in [7, 11) is -2.27. The first-order valence-electron chi connectivity index (χ1n) is 16.0. The molecule has 0 amide bonds. The van der Waals surface area contributed by atoms with E-state index < -0.39 is 38.6 Å². The quantitative estimate of drug-likeness (QED) is 0.135. The smallest absolute Gasteiger partial charge is 0.332 e. The van der Waals surface area contributed by atoms with Gasteiger partial charge in [-0.1, -0.05) is 102 Å². The van der Waals surface area contributed by atoms with E-state index in [0.717, 1.165) is 11.1 Å². The van der Waals surface area contributed by atoms with Gasteiger partial charge in [-0.15, -0.1) is 0 Å². The minimum absolute atomic E-state index is 0.194. The minimum atomic E-state index is -2.27. The highest BCUT2D eigenvalue weighted by atomic mass is 28.4. The van der Waals surface area contributed by atoms with E-state index in [9.17, 15) is 9.59 Å². The van der Waals surface area contributed by atoms with Crippen molar-refractivity contribution in [2.45, 2.75) is 109 Å². The maximum atomic E-state index is 13.2. The van der Waals surface area contributed by atoms with Crippen LogP contribution in [0.5, 0.6) is 0 Å². The van der Waals surface area contributed by atoms with Gasteiger partial charge < -0.3 is 28.1 Å². The molecule has 0 aromatic heterocycles. The zero-order chi connectivity index (χ0) is 33.1. The van der Waals surface area contributed by atoms with Crippen LogP contribution >= 0.6 is 0 Å². The fourth-order valence-electron chi connectivity index (χ4n) is 6.34. The number of hydrogen-bond donors (Lipinski definition) is 0. The molecule has 0 unspecified atom stereocenters. The molecule has 1 aliphatic rings. The molecule has 0 aliphatic carbocycles. The summed E-state index contributed by atoms with van der Waals surface area (Å²) in [6.07, 6.45) is -1.54. The monoisotopic (exact) mass is 640 g/mol. The Kier molecular flexibility index (Phi) is 13.8. The van der Waals surface area contributed by atoms with Gasteiger partial charge in [0.25, 0.3) is 0 Å². The third kappa shape index (κ3) is 9.75. The van der Waals surface area contributed by atoms with Crippen LogP contribution in [-0.2, 0) is 37.7 Å². The van der Waals surface area contributed by atoms with E-state index in [0.29, 0.717) is 22.2 Å². The second kappa shape index (κ2) is 17.1. The molecule has 8 nitrogen and oxygen atoms in total. The zero-order valence-corrected chi connectivity index (χ0v) is 29.4. The zero-order valence-electron chi connectivity index (χ0n) is 28.4. The summed E-state index contributed by atoms with van der Waals surface area (Å²) in [5, 5.41) is 0. The van der Waals surface area contributed by atoms with E-state index in [4.69, 9.17) is 28.1 Å². The molecule has 2 aromatic carbocycles. The molecule has 248 valence electrons. The van der Waals surface area contributed by atoms with Crippen LogP contribution in [0.1, 0.15) is 85.6 Å². The number of ether oxygens (including phenoxy) is 5. The van der Waals surface area contributed by atoms with E-state index in [1.165, 1.54) is 0 Å². The average Bonchev–Trinajstić information content (AvgIpc) is 3.01. The van der Waals surface area contributed by atoms with E-state index in [1.807, 2.05) is 74.5 Å². The van der Waals surface area contributed by atoms with Crippen LogP contribution in [0.4, 0.5) is 0 Å². The molecule has 0 radical (unpaired) electrons. The lowest BCUT2D eigenvalue weighted by Gasteiger charge is -2.44. The molecule has 1 heterocycles. The van der Waals surface area contributed by atoms with Gasteiger partial charge in [-0.3, -0.25) is 0 Å². The fourth-order valence-corrected chi connectivity index (χ4v) is 11.8. The van der Waals surface area contributed by atoms with Gasteiger partial charge in [0, 0.05) is 5.57 Å². The number of carbonyl (C=O) groups is 2. The summed E-state index contributed by atoms with van der Waals surface area (Å²) in [4.78, 5) is 26.3. The first kappa shape index (κ1) is 36.5. The van der Waals surface area contributed by atoms with Crippen molar-refractivity contribution in [2.24, 2.45) is 0 Å². The highest BCUT2D eigenvalue weighted by Gasteiger charge is 2.48. The summed E-state index contributed by atoms with van der Waals surface area (Å²) in [6, 6.07) is 19.3. The van der Waals surface area contributed by atoms with Crippen molar-refractivity contribution in [1.82, 2.24) is 0 Å². The molecule has 3 rings (SSSR count). The Morgan fingerprint density at radius 2 is 1.16 bits per heavy atom. The molecule has 5 atom stereocenters. The molecule has 0 saturated heterocycles. The van der Waals surface area contributed by atoms with Crippen molar-refractivity contribution in [3.05, 3.63) is 83.6 Å². The molecule has 2 aromatic rings. The molecule has 0 saturated carbocycles. The van der Waals surface area contributed by atoms with Crippen LogP contribution in [0.25, 0.3) is 0 Å². The van der Waals surface area contributed by atoms with Crippen molar-refractivity contribution in [3.63, 3.8) is 0 Å². The Morgan fingerprint density at radius 1 is 0.711 bits per heavy atom. The average molecular weight is 641 g/mol. The van der Waals surface area contributed by atoms with E-state index >= 15 is 0 Å². The number of rotatable bonds is 16. The van der Waals surface area contributed by atoms with Crippen molar-refractivity contribution in [1.29, 1.82) is 0 Å². The molecule has 1 aliphatic heterocycles. The normalized spacial score (nSPS) is 20.0. The molecule has 45 heavy (non-hydrogen) atoms. The Morgan fingerprint density at radius 3 is 1.60 bits per heavy atom. The molecule has 0 spiro atoms. The van der Waals surface area contributed by atoms with Gasteiger partial charge in [0.1, 0.15) is 13.2 Å². The first-order valence-corrected chi connectivity index (χ1v) is 18.2. The first-order chi connectivity index (χ1) is 21.4. The second-order valence-electron chi connectivity index (χ2n) is 12.8. The standard InChI is InChI=1S/C36H52O8Si/c1-24(2)45(25(3)4,26(5)6)42-21-32-36(44-34(38)23-40-29(9)31-18-14-11-15-19-31)35(27(7)20-41-32)43-33(37)22-39-28(8)30-16-12-10-13-17-30/h10-20,24-26,28-29,32,35-36H,21-23H2,1-9H3/t28-,29-,32+,35+,36+/m0/s1. The highest BCUT2D eigenvalue weighted by molar-refractivity contribution is 6.77. The molecule has 0 bridgehead atoms.